The topological polar surface area (TPSA) is 88.9 Å². The summed E-state index contributed by atoms with van der Waals surface area (Å²) in [6.07, 6.45) is 1.39. The number of rotatable bonds is 4. The van der Waals surface area contributed by atoms with E-state index in [1.165, 1.54) is 18.2 Å². The van der Waals surface area contributed by atoms with E-state index in [1.807, 2.05) is 0 Å². The summed E-state index contributed by atoms with van der Waals surface area (Å²) >= 11 is 3.33. The van der Waals surface area contributed by atoms with Crippen molar-refractivity contribution in [1.82, 2.24) is 5.43 Å². The summed E-state index contributed by atoms with van der Waals surface area (Å²) in [6.45, 7) is 0. The minimum atomic E-state index is -0.520. The molecule has 0 unspecified atom stereocenters. The molecule has 0 radical (unpaired) electrons. The average Bonchev–Trinajstić information content (AvgIpc) is 3.34. The van der Waals surface area contributed by atoms with Crippen molar-refractivity contribution >= 4 is 45.5 Å². The van der Waals surface area contributed by atoms with Crippen LogP contribution >= 0.6 is 15.9 Å². The maximum atomic E-state index is 12.7. The molecule has 4 rings (SSSR count). The predicted octanol–water partition coefficient (Wildman–Crippen LogP) is 3.96. The Morgan fingerprint density at radius 3 is 2.60 bits per heavy atom. The van der Waals surface area contributed by atoms with Crippen LogP contribution in [0.3, 0.4) is 0 Å². The first-order valence-corrected chi connectivity index (χ1v) is 9.67. The fourth-order valence-electron chi connectivity index (χ4n) is 2.97. The second-order valence-corrected chi connectivity index (χ2v) is 7.31. The molecular formula is C22H15BrN2O5. The van der Waals surface area contributed by atoms with Gasteiger partial charge in [0.15, 0.2) is 0 Å². The molecule has 1 N–H and O–H groups in total. The SMILES string of the molecule is COC(=O)c1cccc(-c2ccc(/C=C3\C(=O)NN(c4ccc(Br)cc4)C3=O)o2)c1. The Balaban J connectivity index is 1.60. The van der Waals surface area contributed by atoms with Gasteiger partial charge in [0.2, 0.25) is 0 Å². The molecule has 0 aliphatic carbocycles. The summed E-state index contributed by atoms with van der Waals surface area (Å²) in [5.74, 6) is -0.624. The summed E-state index contributed by atoms with van der Waals surface area (Å²) < 4.78 is 11.4. The summed E-state index contributed by atoms with van der Waals surface area (Å²) in [4.78, 5) is 36.7. The van der Waals surface area contributed by atoms with Gasteiger partial charge in [-0.15, -0.1) is 0 Å². The van der Waals surface area contributed by atoms with Crippen molar-refractivity contribution in [3.63, 3.8) is 0 Å². The third-order valence-electron chi connectivity index (χ3n) is 4.46. The zero-order valence-electron chi connectivity index (χ0n) is 15.7. The number of anilines is 1. The molecule has 150 valence electrons. The smallest absolute Gasteiger partial charge is 0.337 e. The summed E-state index contributed by atoms with van der Waals surface area (Å²) in [5, 5.41) is 1.18. The number of ether oxygens (including phenoxy) is 1. The summed E-state index contributed by atoms with van der Waals surface area (Å²) in [7, 11) is 1.31. The van der Waals surface area contributed by atoms with Gasteiger partial charge >= 0.3 is 5.97 Å². The van der Waals surface area contributed by atoms with Crippen LogP contribution in [-0.4, -0.2) is 24.9 Å². The van der Waals surface area contributed by atoms with Gasteiger partial charge in [0.25, 0.3) is 11.8 Å². The van der Waals surface area contributed by atoms with E-state index in [4.69, 9.17) is 9.15 Å². The number of carbonyl (C=O) groups excluding carboxylic acids is 3. The van der Waals surface area contributed by atoms with Gasteiger partial charge in [-0.25, -0.2) is 9.80 Å². The highest BCUT2D eigenvalue weighted by Crippen LogP contribution is 2.27. The molecule has 8 heteroatoms. The Hall–Kier alpha value is -3.65. The molecule has 7 nitrogen and oxygen atoms in total. The summed E-state index contributed by atoms with van der Waals surface area (Å²) in [6, 6.07) is 17.1. The molecule has 2 amide bonds. The highest BCUT2D eigenvalue weighted by atomic mass is 79.9. The lowest BCUT2D eigenvalue weighted by atomic mass is 10.1. The van der Waals surface area contributed by atoms with Crippen LogP contribution in [0.25, 0.3) is 17.4 Å². The second-order valence-electron chi connectivity index (χ2n) is 6.39. The van der Waals surface area contributed by atoms with Crippen molar-refractivity contribution < 1.29 is 23.5 Å². The number of amides is 2. The number of hydrogen-bond donors (Lipinski definition) is 1. The molecular weight excluding hydrogens is 452 g/mol. The molecule has 1 fully saturated rings. The number of hydrazine groups is 1. The normalized spacial score (nSPS) is 14.9. The highest BCUT2D eigenvalue weighted by Gasteiger charge is 2.34. The molecule has 2 heterocycles. The van der Waals surface area contributed by atoms with Gasteiger partial charge in [0.1, 0.15) is 17.1 Å². The zero-order valence-corrected chi connectivity index (χ0v) is 17.3. The van der Waals surface area contributed by atoms with Crippen molar-refractivity contribution in [1.29, 1.82) is 0 Å². The van der Waals surface area contributed by atoms with E-state index in [-0.39, 0.29) is 5.57 Å². The van der Waals surface area contributed by atoms with Crippen LogP contribution in [0.2, 0.25) is 0 Å². The van der Waals surface area contributed by atoms with Gasteiger partial charge in [-0.05, 0) is 54.6 Å². The number of esters is 1. The fourth-order valence-corrected chi connectivity index (χ4v) is 3.24. The van der Waals surface area contributed by atoms with E-state index >= 15 is 0 Å². The van der Waals surface area contributed by atoms with E-state index in [0.717, 1.165) is 4.47 Å². The molecule has 0 saturated carbocycles. The Morgan fingerprint density at radius 1 is 1.10 bits per heavy atom. The molecule has 0 spiro atoms. The molecule has 3 aromatic rings. The molecule has 1 saturated heterocycles. The Bertz CT molecular complexity index is 1180. The number of halogens is 1. The van der Waals surface area contributed by atoms with E-state index in [2.05, 4.69) is 21.4 Å². The standard InChI is InChI=1S/C22H15BrN2O5/c1-29-22(28)14-4-2-3-13(11-14)19-10-9-17(30-19)12-18-20(26)24-25(21(18)27)16-7-5-15(23)6-8-16/h2-12H,1H3,(H,24,26)/b18-12+. The molecule has 1 aromatic heterocycles. The van der Waals surface area contributed by atoms with Crippen LogP contribution in [0.1, 0.15) is 16.1 Å². The van der Waals surface area contributed by atoms with E-state index < -0.39 is 17.8 Å². The molecule has 1 aliphatic heterocycles. The molecule has 2 aromatic carbocycles. The first-order chi connectivity index (χ1) is 14.5. The second kappa shape index (κ2) is 8.00. The number of hydrogen-bond acceptors (Lipinski definition) is 5. The van der Waals surface area contributed by atoms with Crippen molar-refractivity contribution in [2.75, 3.05) is 12.1 Å². The molecule has 0 bridgehead atoms. The zero-order chi connectivity index (χ0) is 21.3. The Morgan fingerprint density at radius 2 is 1.87 bits per heavy atom. The van der Waals surface area contributed by atoms with Crippen LogP contribution in [-0.2, 0) is 14.3 Å². The Labute approximate surface area is 180 Å². The van der Waals surface area contributed by atoms with E-state index in [9.17, 15) is 14.4 Å². The number of furan rings is 1. The first-order valence-electron chi connectivity index (χ1n) is 8.87. The largest absolute Gasteiger partial charge is 0.465 e. The highest BCUT2D eigenvalue weighted by molar-refractivity contribution is 9.10. The monoisotopic (exact) mass is 466 g/mol. The fraction of sp³-hybridized carbons (Fsp3) is 0.0455. The van der Waals surface area contributed by atoms with Crippen molar-refractivity contribution in [2.24, 2.45) is 0 Å². The van der Waals surface area contributed by atoms with Crippen molar-refractivity contribution in [2.45, 2.75) is 0 Å². The van der Waals surface area contributed by atoms with Gasteiger partial charge in [0.05, 0.1) is 18.4 Å². The molecule has 1 aliphatic rings. The van der Waals surface area contributed by atoms with Gasteiger partial charge in [-0.3, -0.25) is 15.0 Å². The molecule has 0 atom stereocenters. The number of nitrogens with one attached hydrogen (secondary N) is 1. The van der Waals surface area contributed by atoms with Gasteiger partial charge in [0, 0.05) is 10.0 Å². The number of nitrogens with zero attached hydrogens (tertiary/aromatic N) is 1. The van der Waals surface area contributed by atoms with Crippen LogP contribution < -0.4 is 10.4 Å². The molecule has 30 heavy (non-hydrogen) atoms. The maximum absolute atomic E-state index is 12.7. The number of methoxy groups -OCH3 is 1. The van der Waals surface area contributed by atoms with Gasteiger partial charge in [-0.1, -0.05) is 28.1 Å². The quantitative estimate of drug-likeness (QED) is 0.357. The van der Waals surface area contributed by atoms with Crippen LogP contribution in [0.5, 0.6) is 0 Å². The van der Waals surface area contributed by atoms with Crippen molar-refractivity contribution in [3.8, 4) is 11.3 Å². The first kappa shape index (κ1) is 19.7. The third-order valence-corrected chi connectivity index (χ3v) is 4.99. The third kappa shape index (κ3) is 3.77. The number of carbonyl (C=O) groups is 3. The Kier molecular flexibility index (Phi) is 5.24. The van der Waals surface area contributed by atoms with Crippen LogP contribution in [0, 0.1) is 0 Å². The minimum Gasteiger partial charge on any atom is -0.465 e. The predicted molar refractivity (Wildman–Crippen MR) is 113 cm³/mol. The van der Waals surface area contributed by atoms with Gasteiger partial charge < -0.3 is 9.15 Å². The van der Waals surface area contributed by atoms with Crippen LogP contribution in [0.4, 0.5) is 5.69 Å². The lowest BCUT2D eigenvalue weighted by Crippen LogP contribution is -2.35. The number of benzene rings is 2. The van der Waals surface area contributed by atoms with E-state index in [0.29, 0.717) is 28.3 Å². The lowest BCUT2D eigenvalue weighted by molar-refractivity contribution is -0.117. The minimum absolute atomic E-state index is 0.0397. The van der Waals surface area contributed by atoms with E-state index in [1.54, 1.807) is 60.7 Å². The lowest BCUT2D eigenvalue weighted by Gasteiger charge is -2.14. The maximum Gasteiger partial charge on any atom is 0.337 e. The summed E-state index contributed by atoms with van der Waals surface area (Å²) in [5.41, 5.74) is 4.10. The van der Waals surface area contributed by atoms with Crippen LogP contribution in [0.15, 0.2) is 75.1 Å². The van der Waals surface area contributed by atoms with Gasteiger partial charge in [-0.2, -0.15) is 0 Å². The average molecular weight is 467 g/mol. The van der Waals surface area contributed by atoms with Crippen molar-refractivity contribution in [3.05, 3.63) is 82.0 Å².